The van der Waals surface area contributed by atoms with Gasteiger partial charge in [-0.25, -0.2) is 0 Å². The Morgan fingerprint density at radius 1 is 0.350 bits per heavy atom. The van der Waals surface area contributed by atoms with Gasteiger partial charge in [0.25, 0.3) is 0 Å². The van der Waals surface area contributed by atoms with Crippen molar-refractivity contribution in [1.29, 1.82) is 0 Å². The molecule has 3 aromatic heterocycles. The average Bonchev–Trinajstić information content (AvgIpc) is 3.99. The second-order valence-corrected chi connectivity index (χ2v) is 15.3. The van der Waals surface area contributed by atoms with Crippen LogP contribution in [-0.4, -0.2) is 4.57 Å². The summed E-state index contributed by atoms with van der Waals surface area (Å²) in [5.41, 5.74) is 15.8. The van der Waals surface area contributed by atoms with Gasteiger partial charge in [-0.3, -0.25) is 4.57 Å². The molecule has 0 atom stereocenters. The normalized spacial score (nSPS) is 11.7. The van der Waals surface area contributed by atoms with Crippen LogP contribution in [0.2, 0.25) is 0 Å². The van der Waals surface area contributed by atoms with Gasteiger partial charge in [-0.05, 0) is 94.5 Å². The van der Waals surface area contributed by atoms with Crippen LogP contribution in [0.5, 0.6) is 0 Å². The molecule has 60 heavy (non-hydrogen) atoms. The Bertz CT molecular complexity index is 3520. The van der Waals surface area contributed by atoms with Gasteiger partial charge in [-0.15, -0.1) is 0 Å². The lowest BCUT2D eigenvalue weighted by molar-refractivity contribution is 0.645. The van der Waals surface area contributed by atoms with Crippen LogP contribution in [-0.2, 0) is 0 Å². The van der Waals surface area contributed by atoms with Crippen molar-refractivity contribution in [1.82, 2.24) is 4.57 Å². The van der Waals surface area contributed by atoms with E-state index in [1.54, 1.807) is 0 Å². The predicted molar refractivity (Wildman–Crippen MR) is 249 cm³/mol. The number of rotatable bonds is 7. The fourth-order valence-electron chi connectivity index (χ4n) is 9.06. The molecular formula is C56H36N2O2. The molecule has 0 aliphatic carbocycles. The molecule has 282 valence electrons. The highest BCUT2D eigenvalue weighted by Crippen LogP contribution is 2.46. The summed E-state index contributed by atoms with van der Waals surface area (Å²) in [6, 6.07) is 77.4. The van der Waals surface area contributed by atoms with E-state index in [2.05, 4.69) is 204 Å². The van der Waals surface area contributed by atoms with Crippen LogP contribution >= 0.6 is 0 Å². The SMILES string of the molecule is c1ccc(-c2ccc(N(c3ccc(-c4ccc5c6c7ccccc7oc6n(-c6ccccc6)c5c4)cc3)c3ccccc3-c3cccc4oc5ccccc5c34)cc2)cc1. The fourth-order valence-corrected chi connectivity index (χ4v) is 9.06. The lowest BCUT2D eigenvalue weighted by Crippen LogP contribution is -2.11. The van der Waals surface area contributed by atoms with Crippen molar-refractivity contribution in [2.45, 2.75) is 0 Å². The Hall–Kier alpha value is -8.08. The molecule has 0 N–H and O–H groups in total. The molecule has 12 rings (SSSR count). The lowest BCUT2D eigenvalue weighted by atomic mass is 9.96. The van der Waals surface area contributed by atoms with Crippen LogP contribution in [0, 0.1) is 0 Å². The summed E-state index contributed by atoms with van der Waals surface area (Å²) < 4.78 is 15.2. The summed E-state index contributed by atoms with van der Waals surface area (Å²) >= 11 is 0. The maximum absolute atomic E-state index is 6.56. The molecule has 0 saturated carbocycles. The van der Waals surface area contributed by atoms with Gasteiger partial charge in [0.05, 0.1) is 16.6 Å². The predicted octanol–water partition coefficient (Wildman–Crippen LogP) is 15.9. The number of aromatic nitrogens is 1. The minimum Gasteiger partial charge on any atom is -0.456 e. The first-order valence-corrected chi connectivity index (χ1v) is 20.3. The van der Waals surface area contributed by atoms with Crippen LogP contribution in [0.4, 0.5) is 17.1 Å². The molecule has 0 fully saturated rings. The van der Waals surface area contributed by atoms with E-state index in [4.69, 9.17) is 8.83 Å². The molecule has 0 saturated heterocycles. The van der Waals surface area contributed by atoms with Crippen molar-refractivity contribution in [2.75, 3.05) is 4.90 Å². The van der Waals surface area contributed by atoms with Crippen molar-refractivity contribution in [3.63, 3.8) is 0 Å². The molecule has 4 heteroatoms. The van der Waals surface area contributed by atoms with E-state index >= 15 is 0 Å². The largest absolute Gasteiger partial charge is 0.456 e. The zero-order chi connectivity index (χ0) is 39.6. The molecule has 4 nitrogen and oxygen atoms in total. The first-order chi connectivity index (χ1) is 29.8. The van der Waals surface area contributed by atoms with Gasteiger partial charge in [0.1, 0.15) is 16.7 Å². The molecule has 0 amide bonds. The van der Waals surface area contributed by atoms with Crippen LogP contribution in [0.15, 0.2) is 227 Å². The summed E-state index contributed by atoms with van der Waals surface area (Å²) in [4.78, 5) is 2.37. The lowest BCUT2D eigenvalue weighted by Gasteiger charge is -2.28. The first-order valence-electron chi connectivity index (χ1n) is 20.3. The molecule has 3 heterocycles. The fraction of sp³-hybridized carbons (Fsp3) is 0. The van der Waals surface area contributed by atoms with Crippen molar-refractivity contribution in [3.8, 4) is 39.1 Å². The average molecular weight is 769 g/mol. The van der Waals surface area contributed by atoms with Crippen molar-refractivity contribution < 1.29 is 8.83 Å². The Morgan fingerprint density at radius 3 is 1.62 bits per heavy atom. The summed E-state index contributed by atoms with van der Waals surface area (Å²) in [5.74, 6) is 0. The Balaban J connectivity index is 1.01. The molecule has 12 aromatic rings. The number of anilines is 3. The Kier molecular flexibility index (Phi) is 7.82. The third-order valence-corrected chi connectivity index (χ3v) is 11.8. The standard InChI is InChI=1S/C56H36N2O2/c1-3-14-37(15-4-1)38-26-31-42(32-27-38)57(49-22-10-7-18-44(49)45-21-13-25-53-54(45)47-19-8-11-23-51(47)59-53)43-33-28-39(29-34-43)40-30-35-46-50(36-40)58(41-16-5-2-6-17-41)56-55(46)48-20-9-12-24-52(48)60-56/h1-36H. The topological polar surface area (TPSA) is 34.5 Å². The van der Waals surface area contributed by atoms with E-state index in [9.17, 15) is 0 Å². The summed E-state index contributed by atoms with van der Waals surface area (Å²) in [5, 5.41) is 5.65. The Labute approximate surface area is 346 Å². The van der Waals surface area contributed by atoms with E-state index < -0.39 is 0 Å². The highest BCUT2D eigenvalue weighted by Gasteiger charge is 2.22. The molecule has 0 unspecified atom stereocenters. The smallest absolute Gasteiger partial charge is 0.213 e. The van der Waals surface area contributed by atoms with Gasteiger partial charge in [0.2, 0.25) is 5.71 Å². The number of benzene rings is 9. The van der Waals surface area contributed by atoms with Gasteiger partial charge in [-0.2, -0.15) is 0 Å². The minimum atomic E-state index is 0.858. The summed E-state index contributed by atoms with van der Waals surface area (Å²) in [6.45, 7) is 0. The summed E-state index contributed by atoms with van der Waals surface area (Å²) in [6.07, 6.45) is 0. The molecule has 0 spiro atoms. The summed E-state index contributed by atoms with van der Waals surface area (Å²) in [7, 11) is 0. The molecular weight excluding hydrogens is 733 g/mol. The molecule has 0 radical (unpaired) electrons. The monoisotopic (exact) mass is 768 g/mol. The third-order valence-electron chi connectivity index (χ3n) is 11.8. The van der Waals surface area contributed by atoms with E-state index in [0.717, 1.165) is 94.5 Å². The van der Waals surface area contributed by atoms with E-state index in [1.165, 1.54) is 16.5 Å². The zero-order valence-electron chi connectivity index (χ0n) is 32.5. The highest BCUT2D eigenvalue weighted by molar-refractivity contribution is 6.20. The number of furan rings is 2. The maximum Gasteiger partial charge on any atom is 0.213 e. The first kappa shape index (κ1) is 34.0. The van der Waals surface area contributed by atoms with Crippen molar-refractivity contribution in [3.05, 3.63) is 218 Å². The number of hydrogen-bond donors (Lipinski definition) is 0. The number of fused-ring (bicyclic) bond motifs is 8. The minimum absolute atomic E-state index is 0.858. The van der Waals surface area contributed by atoms with Gasteiger partial charge in [0, 0.05) is 44.2 Å². The van der Waals surface area contributed by atoms with Gasteiger partial charge in [0.15, 0.2) is 0 Å². The molecule has 0 aliphatic heterocycles. The van der Waals surface area contributed by atoms with E-state index in [1.807, 2.05) is 24.3 Å². The molecule has 0 bridgehead atoms. The maximum atomic E-state index is 6.56. The van der Waals surface area contributed by atoms with Crippen LogP contribution in [0.25, 0.3) is 94.0 Å². The second kappa shape index (κ2) is 13.8. The van der Waals surface area contributed by atoms with Gasteiger partial charge < -0.3 is 13.7 Å². The highest BCUT2D eigenvalue weighted by atomic mass is 16.3. The zero-order valence-corrected chi connectivity index (χ0v) is 32.5. The van der Waals surface area contributed by atoms with Crippen molar-refractivity contribution >= 4 is 72.0 Å². The Morgan fingerprint density at radius 2 is 0.883 bits per heavy atom. The van der Waals surface area contributed by atoms with Crippen LogP contribution < -0.4 is 4.90 Å². The van der Waals surface area contributed by atoms with E-state index in [-0.39, 0.29) is 0 Å². The quantitative estimate of drug-likeness (QED) is 0.162. The number of para-hydroxylation sites is 4. The molecule has 9 aromatic carbocycles. The second-order valence-electron chi connectivity index (χ2n) is 15.3. The molecule has 0 aliphatic rings. The number of nitrogens with zero attached hydrogens (tertiary/aromatic N) is 2. The third kappa shape index (κ3) is 5.46. The van der Waals surface area contributed by atoms with Crippen LogP contribution in [0.1, 0.15) is 0 Å². The van der Waals surface area contributed by atoms with E-state index in [0.29, 0.717) is 0 Å². The van der Waals surface area contributed by atoms with Gasteiger partial charge in [-0.1, -0.05) is 152 Å². The van der Waals surface area contributed by atoms with Crippen molar-refractivity contribution in [2.24, 2.45) is 0 Å². The number of hydrogen-bond acceptors (Lipinski definition) is 3. The van der Waals surface area contributed by atoms with Crippen LogP contribution in [0.3, 0.4) is 0 Å². The van der Waals surface area contributed by atoms with Gasteiger partial charge >= 0.3 is 0 Å².